The number of carbonyl (C=O) groups is 4. The monoisotopic (exact) mass is 851 g/mol. The molecule has 3 unspecified atom stereocenters. The maximum Gasteiger partial charge on any atom is 0.315 e. The topological polar surface area (TPSA) is 187 Å². The number of aliphatic hydroxyl groups is 2. The molecule has 0 bridgehead atoms. The highest BCUT2D eigenvalue weighted by Gasteiger charge is 2.43. The predicted octanol–water partition coefficient (Wildman–Crippen LogP) is 5.58. The third kappa shape index (κ3) is 13.8. The van der Waals surface area contributed by atoms with Crippen molar-refractivity contribution in [3.63, 3.8) is 0 Å². The Morgan fingerprint density at radius 2 is 1.58 bits per heavy atom. The van der Waals surface area contributed by atoms with Gasteiger partial charge in [-0.05, 0) is 61.3 Å². The average Bonchev–Trinajstić information content (AvgIpc) is 3.81. The largest absolute Gasteiger partial charge is 0.490 e. The van der Waals surface area contributed by atoms with Crippen LogP contribution in [0.4, 0.5) is 4.79 Å². The number of urea groups is 1. The molecule has 0 spiro atoms. The standard InChI is InChI=1S/C46H69N5O8S/c1-5-30(4)35(27-47-39(52)23-15-14-22-38-41-36(28-60-38)50-46(57)51-41)49-45(56)40(29(2)3)43(54)42(53)34(26-31-16-8-6-9-17-31)48-44(55)33-20-12-13-21-37(33)59-25-24-58-32-18-10-7-11-19-32/h7,10-13,18-21,29-31,34-36,38,40-43,53-54H,5-6,8-9,14-17,22-28H2,1-4H3,(H,47,52)(H,48,55)(H,49,56)(H2,50,51,57)/t30?,34-,35+,36-,38?,40+,41?,42+,43+/m0/s1. The van der Waals surface area contributed by atoms with Crippen LogP contribution in [0, 0.1) is 23.7 Å². The lowest BCUT2D eigenvalue weighted by Crippen LogP contribution is -2.56. The molecule has 3 aliphatic rings. The number of hydrogen-bond donors (Lipinski definition) is 7. The smallest absolute Gasteiger partial charge is 0.315 e. The molecule has 0 radical (unpaired) electrons. The van der Waals surface area contributed by atoms with Crippen LogP contribution in [0.3, 0.4) is 0 Å². The van der Waals surface area contributed by atoms with Gasteiger partial charge in [0.1, 0.15) is 30.8 Å². The summed E-state index contributed by atoms with van der Waals surface area (Å²) in [5, 5.41) is 39.3. The Kier molecular flexibility index (Phi) is 18.7. The first-order chi connectivity index (χ1) is 28.9. The molecule has 2 aromatic carbocycles. The van der Waals surface area contributed by atoms with E-state index in [1.165, 1.54) is 0 Å². The molecule has 3 fully saturated rings. The summed E-state index contributed by atoms with van der Waals surface area (Å²) in [7, 11) is 0. The highest BCUT2D eigenvalue weighted by Crippen LogP contribution is 2.34. The van der Waals surface area contributed by atoms with Gasteiger partial charge < -0.3 is 46.3 Å². The molecule has 2 aliphatic heterocycles. The maximum absolute atomic E-state index is 14.1. The van der Waals surface area contributed by atoms with Crippen LogP contribution in [-0.2, 0) is 9.59 Å². The highest BCUT2D eigenvalue weighted by atomic mass is 32.2. The van der Waals surface area contributed by atoms with Gasteiger partial charge in [-0.3, -0.25) is 14.4 Å². The van der Waals surface area contributed by atoms with Crippen LogP contribution in [0.2, 0.25) is 0 Å². The lowest BCUT2D eigenvalue weighted by molar-refractivity contribution is -0.137. The van der Waals surface area contributed by atoms with Crippen LogP contribution >= 0.6 is 11.8 Å². The number of carbonyl (C=O) groups excluding carboxylic acids is 4. The number of nitrogens with one attached hydrogen (secondary N) is 5. The molecule has 332 valence electrons. The Morgan fingerprint density at radius 1 is 0.867 bits per heavy atom. The van der Waals surface area contributed by atoms with Gasteiger partial charge in [0.05, 0.1) is 35.7 Å². The summed E-state index contributed by atoms with van der Waals surface area (Å²) in [6.45, 7) is 8.45. The molecule has 60 heavy (non-hydrogen) atoms. The molecule has 2 heterocycles. The molecule has 13 nitrogen and oxygen atoms in total. The van der Waals surface area contributed by atoms with E-state index in [2.05, 4.69) is 26.6 Å². The van der Waals surface area contributed by atoms with E-state index in [1.54, 1.807) is 24.3 Å². The number of aliphatic hydroxyl groups excluding tert-OH is 2. The van der Waals surface area contributed by atoms with Crippen molar-refractivity contribution in [2.24, 2.45) is 23.7 Å². The van der Waals surface area contributed by atoms with Crippen LogP contribution in [-0.4, -0.2) is 101 Å². The Morgan fingerprint density at radius 3 is 2.32 bits per heavy atom. The molecule has 9 atom stereocenters. The number of benzene rings is 2. The summed E-state index contributed by atoms with van der Waals surface area (Å²) < 4.78 is 11.7. The number of thioether (sulfide) groups is 1. The van der Waals surface area contributed by atoms with E-state index in [9.17, 15) is 29.4 Å². The van der Waals surface area contributed by atoms with Gasteiger partial charge in [-0.2, -0.15) is 11.8 Å². The van der Waals surface area contributed by atoms with Crippen molar-refractivity contribution in [2.45, 2.75) is 140 Å². The Balaban J connectivity index is 1.17. The van der Waals surface area contributed by atoms with Crippen LogP contribution < -0.4 is 36.1 Å². The van der Waals surface area contributed by atoms with Crippen molar-refractivity contribution < 1.29 is 38.9 Å². The third-order valence-electron chi connectivity index (χ3n) is 12.5. The number of rotatable bonds is 24. The van der Waals surface area contributed by atoms with Gasteiger partial charge in [-0.1, -0.05) is 103 Å². The van der Waals surface area contributed by atoms with E-state index in [-0.39, 0.29) is 61.5 Å². The van der Waals surface area contributed by atoms with Crippen molar-refractivity contribution in [1.29, 1.82) is 0 Å². The second kappa shape index (κ2) is 23.8. The summed E-state index contributed by atoms with van der Waals surface area (Å²) in [5.74, 6) is 0.00637. The van der Waals surface area contributed by atoms with Crippen molar-refractivity contribution in [2.75, 3.05) is 25.5 Å². The van der Waals surface area contributed by atoms with Crippen molar-refractivity contribution in [1.82, 2.24) is 26.6 Å². The summed E-state index contributed by atoms with van der Waals surface area (Å²) in [5.41, 5.74) is 0.298. The second-order valence-corrected chi connectivity index (χ2v) is 18.5. The molecule has 7 N–H and O–H groups in total. The Bertz CT molecular complexity index is 1660. The van der Waals surface area contributed by atoms with Gasteiger partial charge in [0.2, 0.25) is 11.8 Å². The fourth-order valence-corrected chi connectivity index (χ4v) is 10.3. The fourth-order valence-electron chi connectivity index (χ4n) is 8.77. The van der Waals surface area contributed by atoms with Gasteiger partial charge in [-0.15, -0.1) is 0 Å². The molecule has 5 amide bonds. The van der Waals surface area contributed by atoms with E-state index in [0.29, 0.717) is 29.4 Å². The molecule has 0 aromatic heterocycles. The van der Waals surface area contributed by atoms with Crippen molar-refractivity contribution in [3.8, 4) is 11.5 Å². The Labute approximate surface area is 360 Å². The van der Waals surface area contributed by atoms with Crippen LogP contribution in [0.15, 0.2) is 54.6 Å². The zero-order valence-corrected chi connectivity index (χ0v) is 36.7. The first kappa shape index (κ1) is 47.0. The fraction of sp³-hybridized carbons (Fsp3) is 0.652. The minimum Gasteiger partial charge on any atom is -0.490 e. The first-order valence-corrected chi connectivity index (χ1v) is 23.3. The summed E-state index contributed by atoms with van der Waals surface area (Å²) >= 11 is 1.86. The predicted molar refractivity (Wildman–Crippen MR) is 235 cm³/mol. The van der Waals surface area contributed by atoms with Crippen LogP contribution in [0.1, 0.15) is 109 Å². The second-order valence-electron chi connectivity index (χ2n) is 17.2. The molecule has 2 saturated heterocycles. The van der Waals surface area contributed by atoms with Crippen molar-refractivity contribution >= 4 is 35.5 Å². The zero-order chi connectivity index (χ0) is 43.0. The summed E-state index contributed by atoms with van der Waals surface area (Å²) in [6.07, 6.45) is 6.39. The average molecular weight is 852 g/mol. The number of ether oxygens (including phenoxy) is 2. The number of unbranched alkanes of at least 4 members (excludes halogenated alkanes) is 1. The van der Waals surface area contributed by atoms with E-state index in [1.807, 2.05) is 69.8 Å². The lowest BCUT2D eigenvalue weighted by Gasteiger charge is -2.36. The number of hydrogen-bond acceptors (Lipinski definition) is 9. The quantitative estimate of drug-likeness (QED) is 0.0523. The minimum atomic E-state index is -1.48. The van der Waals surface area contributed by atoms with E-state index in [4.69, 9.17) is 9.47 Å². The maximum atomic E-state index is 14.1. The normalized spacial score (nSPS) is 22.0. The number of fused-ring (bicyclic) bond motifs is 1. The molecule has 1 saturated carbocycles. The molecule has 1 aliphatic carbocycles. The SMILES string of the molecule is CCC(C)[C@@H](CNC(=O)CCCCC1SC[C@@H]2NC(=O)NC12)NC(=O)[C@H](C(C)C)[C@@H](O)[C@H](O)[C@H](CC1CCCCC1)NC(=O)c1ccccc1OCCOc1ccccc1. The van der Waals surface area contributed by atoms with Gasteiger partial charge in [-0.25, -0.2) is 4.79 Å². The zero-order valence-electron chi connectivity index (χ0n) is 35.9. The van der Waals surface area contributed by atoms with Crippen LogP contribution in [0.5, 0.6) is 11.5 Å². The summed E-state index contributed by atoms with van der Waals surface area (Å²) in [6, 6.07) is 15.3. The van der Waals surface area contributed by atoms with Gasteiger partial charge in [0.25, 0.3) is 5.91 Å². The lowest BCUT2D eigenvalue weighted by atomic mass is 9.79. The summed E-state index contributed by atoms with van der Waals surface area (Å²) in [4.78, 5) is 52.7. The molecular weight excluding hydrogens is 783 g/mol. The van der Waals surface area contributed by atoms with Crippen LogP contribution in [0.25, 0.3) is 0 Å². The minimum absolute atomic E-state index is 0.0252. The van der Waals surface area contributed by atoms with Gasteiger partial charge in [0.15, 0.2) is 0 Å². The van der Waals surface area contributed by atoms with Gasteiger partial charge in [0, 0.05) is 30.0 Å². The third-order valence-corrected chi connectivity index (χ3v) is 14.0. The first-order valence-electron chi connectivity index (χ1n) is 22.3. The Hall–Kier alpha value is -4.01. The van der Waals surface area contributed by atoms with Crippen molar-refractivity contribution in [3.05, 3.63) is 60.2 Å². The molecule has 5 rings (SSSR count). The molecule has 2 aromatic rings. The molecular formula is C46H69N5O8S. The van der Waals surface area contributed by atoms with E-state index < -0.39 is 42.0 Å². The van der Waals surface area contributed by atoms with E-state index in [0.717, 1.165) is 69.3 Å². The molecule has 14 heteroatoms. The number of amides is 5. The van der Waals surface area contributed by atoms with Gasteiger partial charge >= 0.3 is 6.03 Å². The van der Waals surface area contributed by atoms with E-state index >= 15 is 0 Å². The number of para-hydroxylation sites is 2. The highest BCUT2D eigenvalue weighted by molar-refractivity contribution is 8.00.